The van der Waals surface area contributed by atoms with Crippen LogP contribution in [0.2, 0.25) is 0 Å². The van der Waals surface area contributed by atoms with Gasteiger partial charge in [0.15, 0.2) is 0 Å². The van der Waals surface area contributed by atoms with Crippen molar-refractivity contribution in [2.45, 2.75) is 12.3 Å². The first-order valence-corrected chi connectivity index (χ1v) is 8.13. The third-order valence-electron chi connectivity index (χ3n) is 3.61. The molecule has 0 bridgehead atoms. The molecule has 25 heavy (non-hydrogen) atoms. The topological polar surface area (TPSA) is 54.5 Å². The summed E-state index contributed by atoms with van der Waals surface area (Å²) in [6, 6.07) is 7.78. The number of anilines is 1. The highest BCUT2D eigenvalue weighted by atomic mass is 79.9. The Morgan fingerprint density at radius 3 is 2.64 bits per heavy atom. The van der Waals surface area contributed by atoms with Gasteiger partial charge < -0.3 is 15.0 Å². The molecule has 1 aromatic heterocycles. The van der Waals surface area contributed by atoms with Crippen molar-refractivity contribution in [2.24, 2.45) is 0 Å². The normalized spacial score (nSPS) is 14.8. The lowest BCUT2D eigenvalue weighted by Gasteiger charge is -2.38. The molecule has 5 nitrogen and oxygen atoms in total. The Morgan fingerprint density at radius 2 is 1.96 bits per heavy atom. The molecule has 0 atom stereocenters. The summed E-state index contributed by atoms with van der Waals surface area (Å²) in [6.07, 6.45) is -3.21. The molecule has 0 spiro atoms. The molecule has 2 amide bonds. The summed E-state index contributed by atoms with van der Waals surface area (Å²) < 4.78 is 45.1. The van der Waals surface area contributed by atoms with Crippen LogP contribution < -0.4 is 10.1 Å². The number of hydrogen-bond acceptors (Lipinski definition) is 3. The van der Waals surface area contributed by atoms with Gasteiger partial charge in [0, 0.05) is 6.20 Å². The number of urea groups is 1. The second-order valence-corrected chi connectivity index (χ2v) is 6.26. The van der Waals surface area contributed by atoms with Crippen molar-refractivity contribution >= 4 is 27.6 Å². The molecule has 0 unspecified atom stereocenters. The summed E-state index contributed by atoms with van der Waals surface area (Å²) in [7, 11) is 0. The lowest BCUT2D eigenvalue weighted by Crippen LogP contribution is -2.57. The van der Waals surface area contributed by atoms with E-state index in [4.69, 9.17) is 4.74 Å². The number of likely N-dealkylation sites (tertiary alicyclic amines) is 1. The van der Waals surface area contributed by atoms with E-state index in [2.05, 4.69) is 26.2 Å². The second kappa shape index (κ2) is 6.91. The third kappa shape index (κ3) is 4.04. The number of amides is 2. The number of pyridine rings is 1. The standard InChI is InChI=1S/C16H13BrF3N3O2/c17-12-5-3-7-21-14(12)25-10-8-23(9-10)15(24)22-13-6-2-1-4-11(13)16(18,19)20/h1-7,10H,8-9H2,(H,22,24). The molecule has 3 rings (SSSR count). The van der Waals surface area contributed by atoms with Gasteiger partial charge in [-0.2, -0.15) is 13.2 Å². The van der Waals surface area contributed by atoms with E-state index in [0.717, 1.165) is 6.07 Å². The first-order chi connectivity index (χ1) is 11.8. The van der Waals surface area contributed by atoms with E-state index in [0.29, 0.717) is 10.4 Å². The summed E-state index contributed by atoms with van der Waals surface area (Å²) in [5, 5.41) is 2.30. The molecule has 132 valence electrons. The monoisotopic (exact) mass is 415 g/mol. The van der Waals surface area contributed by atoms with Gasteiger partial charge in [0.1, 0.15) is 6.10 Å². The van der Waals surface area contributed by atoms with E-state index in [9.17, 15) is 18.0 Å². The highest BCUT2D eigenvalue weighted by molar-refractivity contribution is 9.10. The van der Waals surface area contributed by atoms with Crippen molar-refractivity contribution < 1.29 is 22.7 Å². The first-order valence-electron chi connectivity index (χ1n) is 7.34. The van der Waals surface area contributed by atoms with E-state index < -0.39 is 17.8 Å². The number of nitrogens with zero attached hydrogens (tertiary/aromatic N) is 2. The van der Waals surface area contributed by atoms with Crippen LogP contribution in [0.15, 0.2) is 47.1 Å². The quantitative estimate of drug-likeness (QED) is 0.818. The Kier molecular flexibility index (Phi) is 4.85. The number of para-hydroxylation sites is 1. The van der Waals surface area contributed by atoms with E-state index in [1.54, 1.807) is 18.3 Å². The van der Waals surface area contributed by atoms with Gasteiger partial charge in [0.25, 0.3) is 0 Å². The van der Waals surface area contributed by atoms with E-state index >= 15 is 0 Å². The summed E-state index contributed by atoms with van der Waals surface area (Å²) in [5.74, 6) is 0.412. The number of nitrogens with one attached hydrogen (secondary N) is 1. The van der Waals surface area contributed by atoms with Crippen LogP contribution in [0.25, 0.3) is 0 Å². The van der Waals surface area contributed by atoms with Crippen molar-refractivity contribution in [1.29, 1.82) is 0 Å². The summed E-state index contributed by atoms with van der Waals surface area (Å²) >= 11 is 3.31. The van der Waals surface area contributed by atoms with Crippen LogP contribution in [0.4, 0.5) is 23.7 Å². The number of rotatable bonds is 3. The fourth-order valence-corrected chi connectivity index (χ4v) is 2.68. The highest BCUT2D eigenvalue weighted by Crippen LogP contribution is 2.34. The predicted octanol–water partition coefficient (Wildman–Crippen LogP) is 4.16. The fourth-order valence-electron chi connectivity index (χ4n) is 2.33. The van der Waals surface area contributed by atoms with Gasteiger partial charge in [0.05, 0.1) is 28.8 Å². The van der Waals surface area contributed by atoms with E-state index in [1.807, 2.05) is 0 Å². The lowest BCUT2D eigenvalue weighted by molar-refractivity contribution is -0.136. The van der Waals surface area contributed by atoms with Crippen molar-refractivity contribution in [3.63, 3.8) is 0 Å². The third-order valence-corrected chi connectivity index (χ3v) is 4.22. The minimum Gasteiger partial charge on any atom is -0.470 e. The molecule has 0 radical (unpaired) electrons. The average Bonchev–Trinajstić information content (AvgIpc) is 2.51. The predicted molar refractivity (Wildman–Crippen MR) is 88.4 cm³/mol. The maximum Gasteiger partial charge on any atom is 0.418 e. The Balaban J connectivity index is 1.58. The Labute approximate surface area is 149 Å². The van der Waals surface area contributed by atoms with Crippen molar-refractivity contribution in [3.05, 3.63) is 52.6 Å². The van der Waals surface area contributed by atoms with Gasteiger partial charge in [-0.3, -0.25) is 0 Å². The average molecular weight is 416 g/mol. The number of carbonyl (C=O) groups excluding carboxylic acids is 1. The summed E-state index contributed by atoms with van der Waals surface area (Å²) in [4.78, 5) is 17.5. The van der Waals surface area contributed by atoms with E-state index in [-0.39, 0.29) is 24.9 Å². The molecule has 1 aliphatic rings. The molecule has 9 heteroatoms. The van der Waals surface area contributed by atoms with Gasteiger partial charge in [-0.25, -0.2) is 9.78 Å². The largest absolute Gasteiger partial charge is 0.470 e. The number of alkyl halides is 3. The molecular weight excluding hydrogens is 403 g/mol. The van der Waals surface area contributed by atoms with Crippen LogP contribution in [-0.4, -0.2) is 35.1 Å². The van der Waals surface area contributed by atoms with Crippen LogP contribution in [-0.2, 0) is 6.18 Å². The molecule has 1 N–H and O–H groups in total. The number of carbonyl (C=O) groups is 1. The molecule has 0 saturated carbocycles. The van der Waals surface area contributed by atoms with Gasteiger partial charge in [-0.1, -0.05) is 12.1 Å². The summed E-state index contributed by atoms with van der Waals surface area (Å²) in [5.41, 5.74) is -1.15. The highest BCUT2D eigenvalue weighted by Gasteiger charge is 2.36. The molecular formula is C16H13BrF3N3O2. The van der Waals surface area contributed by atoms with Gasteiger partial charge in [-0.15, -0.1) is 0 Å². The number of aromatic nitrogens is 1. The van der Waals surface area contributed by atoms with Crippen LogP contribution in [0, 0.1) is 0 Å². The van der Waals surface area contributed by atoms with Gasteiger partial charge in [0.2, 0.25) is 5.88 Å². The molecule has 0 aliphatic carbocycles. The zero-order valence-electron chi connectivity index (χ0n) is 12.8. The molecule has 1 aromatic carbocycles. The molecule has 2 heterocycles. The number of hydrogen-bond donors (Lipinski definition) is 1. The lowest BCUT2D eigenvalue weighted by atomic mass is 10.1. The van der Waals surface area contributed by atoms with Crippen LogP contribution in [0.1, 0.15) is 5.56 Å². The molecule has 1 saturated heterocycles. The van der Waals surface area contributed by atoms with E-state index in [1.165, 1.54) is 23.1 Å². The minimum absolute atomic E-state index is 0.255. The first kappa shape index (κ1) is 17.5. The molecule has 1 aliphatic heterocycles. The molecule has 2 aromatic rings. The molecule has 1 fully saturated rings. The Morgan fingerprint density at radius 1 is 1.24 bits per heavy atom. The maximum absolute atomic E-state index is 12.9. The number of halogens is 4. The smallest absolute Gasteiger partial charge is 0.418 e. The van der Waals surface area contributed by atoms with Crippen molar-refractivity contribution in [3.8, 4) is 5.88 Å². The van der Waals surface area contributed by atoms with Crippen LogP contribution in [0.5, 0.6) is 5.88 Å². The fraction of sp³-hybridized carbons (Fsp3) is 0.250. The second-order valence-electron chi connectivity index (χ2n) is 5.41. The Bertz CT molecular complexity index is 779. The zero-order chi connectivity index (χ0) is 18.0. The summed E-state index contributed by atoms with van der Waals surface area (Å²) in [6.45, 7) is 0.534. The van der Waals surface area contributed by atoms with Gasteiger partial charge in [-0.05, 0) is 40.2 Å². The minimum atomic E-state index is -4.53. The van der Waals surface area contributed by atoms with Crippen molar-refractivity contribution in [1.82, 2.24) is 9.88 Å². The maximum atomic E-state index is 12.9. The zero-order valence-corrected chi connectivity index (χ0v) is 14.3. The number of benzene rings is 1. The van der Waals surface area contributed by atoms with Crippen LogP contribution >= 0.6 is 15.9 Å². The Hall–Kier alpha value is -2.29. The van der Waals surface area contributed by atoms with Gasteiger partial charge >= 0.3 is 12.2 Å². The van der Waals surface area contributed by atoms with Crippen molar-refractivity contribution in [2.75, 3.05) is 18.4 Å². The SMILES string of the molecule is O=C(Nc1ccccc1C(F)(F)F)N1CC(Oc2ncccc2Br)C1. The number of ether oxygens (including phenoxy) is 1. The van der Waals surface area contributed by atoms with Crippen LogP contribution in [0.3, 0.4) is 0 Å².